The molecule has 1 unspecified atom stereocenters. The third-order valence-electron chi connectivity index (χ3n) is 8.60. The van der Waals surface area contributed by atoms with Gasteiger partial charge in [-0.1, -0.05) is 78.9 Å². The molecule has 0 bridgehead atoms. The van der Waals surface area contributed by atoms with Crippen LogP contribution in [0, 0.1) is 11.2 Å². The topological polar surface area (TPSA) is 63.7 Å². The fourth-order valence-electron chi connectivity index (χ4n) is 6.92. The zero-order chi connectivity index (χ0) is 27.6. The zero-order valence-corrected chi connectivity index (χ0v) is 21.6. The summed E-state index contributed by atoms with van der Waals surface area (Å²) in [5.41, 5.74) is 1.18. The van der Waals surface area contributed by atoms with Crippen LogP contribution in [0.5, 0.6) is 5.75 Å². The van der Waals surface area contributed by atoms with Gasteiger partial charge in [0.15, 0.2) is 17.3 Å². The van der Waals surface area contributed by atoms with Gasteiger partial charge in [-0.25, -0.2) is 4.39 Å². The summed E-state index contributed by atoms with van der Waals surface area (Å²) in [7, 11) is 1.55. The summed E-state index contributed by atoms with van der Waals surface area (Å²) >= 11 is 0. The lowest BCUT2D eigenvalue weighted by atomic mass is 9.64. The number of methoxy groups -OCH3 is 1. The van der Waals surface area contributed by atoms with E-state index in [0.717, 1.165) is 11.3 Å². The minimum Gasteiger partial charge on any atom is -0.497 e. The Bertz CT molecular complexity index is 1710. The number of Topliss-reactive ketones (excluding diaryl/α,β-unsaturated/α-hetero) is 3. The van der Waals surface area contributed by atoms with E-state index < -0.39 is 35.0 Å². The Kier molecular flexibility index (Phi) is 5.36. The van der Waals surface area contributed by atoms with Gasteiger partial charge in [-0.2, -0.15) is 0 Å². The average molecular weight is 530 g/mol. The number of nitrogens with zero attached hydrogens (tertiary/aromatic N) is 1. The first-order valence-electron chi connectivity index (χ1n) is 13.2. The molecule has 1 saturated heterocycles. The summed E-state index contributed by atoms with van der Waals surface area (Å²) in [5, 5.41) is 0. The molecule has 2 heterocycles. The number of anilines is 1. The summed E-state index contributed by atoms with van der Waals surface area (Å²) in [6.07, 6.45) is 3.76. The largest absolute Gasteiger partial charge is 0.497 e. The standard InChI is InChI=1S/C34H24FNO4/c1-40-22-17-14-21(15-18-22)29-30(31(37)25-11-5-6-12-26(25)35)36-27-13-7-2-8-20(27)16-19-28(36)34(29)32(38)23-9-3-4-10-24(23)33(34)39/h2-19,28-30H,1H3/t28?,29-,30+/m0/s1. The second-order valence-electron chi connectivity index (χ2n) is 10.4. The Labute approximate surface area is 230 Å². The van der Waals surface area contributed by atoms with E-state index in [1.165, 1.54) is 18.2 Å². The van der Waals surface area contributed by atoms with Crippen LogP contribution in [-0.2, 0) is 0 Å². The Morgan fingerprint density at radius 3 is 2.12 bits per heavy atom. The number of ether oxygens (including phenoxy) is 1. The number of fused-ring (bicyclic) bond motifs is 5. The van der Waals surface area contributed by atoms with Crippen molar-refractivity contribution in [2.24, 2.45) is 5.41 Å². The number of benzene rings is 4. The fourth-order valence-corrected chi connectivity index (χ4v) is 6.92. The van der Waals surface area contributed by atoms with Crippen molar-refractivity contribution in [2.45, 2.75) is 18.0 Å². The molecule has 4 aromatic carbocycles. The second kappa shape index (κ2) is 8.85. The maximum Gasteiger partial charge on any atom is 0.188 e. The predicted octanol–water partition coefficient (Wildman–Crippen LogP) is 6.15. The molecule has 6 heteroatoms. The van der Waals surface area contributed by atoms with Crippen molar-refractivity contribution in [3.8, 4) is 5.75 Å². The molecule has 5 nitrogen and oxygen atoms in total. The molecule has 3 atom stereocenters. The van der Waals surface area contributed by atoms with Gasteiger partial charge >= 0.3 is 0 Å². The van der Waals surface area contributed by atoms with Crippen LogP contribution in [0.1, 0.15) is 48.1 Å². The van der Waals surface area contributed by atoms with Gasteiger partial charge in [-0.05, 0) is 41.5 Å². The van der Waals surface area contributed by atoms with Gasteiger partial charge < -0.3 is 9.64 Å². The molecule has 40 heavy (non-hydrogen) atoms. The number of ketones is 3. The number of rotatable bonds is 4. The van der Waals surface area contributed by atoms with Crippen molar-refractivity contribution in [3.05, 3.63) is 137 Å². The van der Waals surface area contributed by atoms with Crippen molar-refractivity contribution in [1.29, 1.82) is 0 Å². The number of carbonyl (C=O) groups excluding carboxylic acids is 3. The second-order valence-corrected chi connectivity index (χ2v) is 10.4. The van der Waals surface area contributed by atoms with Crippen LogP contribution < -0.4 is 9.64 Å². The van der Waals surface area contributed by atoms with E-state index in [4.69, 9.17) is 4.74 Å². The molecule has 1 fully saturated rings. The highest BCUT2D eigenvalue weighted by Gasteiger charge is 2.71. The van der Waals surface area contributed by atoms with Crippen LogP contribution in [0.4, 0.5) is 10.1 Å². The quantitative estimate of drug-likeness (QED) is 0.234. The van der Waals surface area contributed by atoms with Gasteiger partial charge in [0.2, 0.25) is 0 Å². The Morgan fingerprint density at radius 2 is 1.45 bits per heavy atom. The lowest BCUT2D eigenvalue weighted by molar-refractivity contribution is 0.0666. The van der Waals surface area contributed by atoms with Crippen molar-refractivity contribution in [1.82, 2.24) is 0 Å². The molecule has 0 radical (unpaired) electrons. The molecule has 1 spiro atoms. The molecule has 0 aromatic heterocycles. The maximum absolute atomic E-state index is 15.2. The predicted molar refractivity (Wildman–Crippen MR) is 150 cm³/mol. The van der Waals surface area contributed by atoms with E-state index in [-0.39, 0.29) is 17.1 Å². The van der Waals surface area contributed by atoms with Gasteiger partial charge in [0.25, 0.3) is 0 Å². The average Bonchev–Trinajstić information content (AvgIpc) is 3.43. The van der Waals surface area contributed by atoms with Crippen LogP contribution in [-0.4, -0.2) is 36.5 Å². The number of carbonyl (C=O) groups is 3. The molecule has 3 aliphatic rings. The molecule has 196 valence electrons. The fraction of sp³-hybridized carbons (Fsp3) is 0.147. The van der Waals surface area contributed by atoms with Crippen molar-refractivity contribution in [2.75, 3.05) is 12.0 Å². The monoisotopic (exact) mass is 529 g/mol. The molecular formula is C34H24FNO4. The number of para-hydroxylation sites is 1. The van der Waals surface area contributed by atoms with Gasteiger partial charge in [-0.15, -0.1) is 0 Å². The summed E-state index contributed by atoms with van der Waals surface area (Å²) in [4.78, 5) is 45.6. The molecule has 4 aromatic rings. The smallest absolute Gasteiger partial charge is 0.188 e. The molecule has 1 aliphatic carbocycles. The van der Waals surface area contributed by atoms with Crippen molar-refractivity contribution >= 4 is 29.1 Å². The van der Waals surface area contributed by atoms with E-state index in [1.807, 2.05) is 41.3 Å². The first kappa shape index (κ1) is 24.2. The first-order valence-corrected chi connectivity index (χ1v) is 13.2. The SMILES string of the molecule is COc1ccc([C@H]2[C@H](C(=O)c3ccccc3F)N3c4ccccc4C=CC3C23C(=O)c2ccccc2C3=O)cc1. The van der Waals surface area contributed by atoms with Crippen molar-refractivity contribution < 1.29 is 23.5 Å². The molecular weight excluding hydrogens is 505 g/mol. The molecule has 0 N–H and O–H groups in total. The summed E-state index contributed by atoms with van der Waals surface area (Å²) in [5.74, 6) is -2.08. The summed E-state index contributed by atoms with van der Waals surface area (Å²) in [6.45, 7) is 0. The van der Waals surface area contributed by atoms with Gasteiger partial charge in [0, 0.05) is 22.7 Å². The molecule has 7 rings (SSSR count). The maximum atomic E-state index is 15.2. The minimum absolute atomic E-state index is 0.0794. The molecule has 0 saturated carbocycles. The highest BCUT2D eigenvalue weighted by molar-refractivity contribution is 6.32. The minimum atomic E-state index is -1.63. The van der Waals surface area contributed by atoms with E-state index >= 15 is 4.39 Å². The van der Waals surface area contributed by atoms with E-state index in [0.29, 0.717) is 22.4 Å². The van der Waals surface area contributed by atoms with Crippen LogP contribution in [0.25, 0.3) is 6.08 Å². The van der Waals surface area contributed by atoms with E-state index in [1.54, 1.807) is 61.7 Å². The lowest BCUT2D eigenvalue weighted by Crippen LogP contribution is -2.48. The lowest BCUT2D eigenvalue weighted by Gasteiger charge is -2.37. The Hall–Kier alpha value is -4.84. The zero-order valence-electron chi connectivity index (χ0n) is 21.6. The third-order valence-corrected chi connectivity index (χ3v) is 8.60. The van der Waals surface area contributed by atoms with Crippen molar-refractivity contribution in [3.63, 3.8) is 0 Å². The number of hydrogen-bond acceptors (Lipinski definition) is 5. The normalized spacial score (nSPS) is 21.8. The van der Waals surface area contributed by atoms with Gasteiger partial charge in [-0.3, -0.25) is 14.4 Å². The highest BCUT2D eigenvalue weighted by atomic mass is 19.1. The van der Waals surface area contributed by atoms with E-state index in [9.17, 15) is 14.4 Å². The van der Waals surface area contributed by atoms with Gasteiger partial charge in [0.1, 0.15) is 23.0 Å². The van der Waals surface area contributed by atoms with Crippen LogP contribution in [0.15, 0.2) is 103 Å². The third kappa shape index (κ3) is 3.10. The van der Waals surface area contributed by atoms with Gasteiger partial charge in [0.05, 0.1) is 18.7 Å². The Morgan fingerprint density at radius 1 is 0.825 bits per heavy atom. The highest BCUT2D eigenvalue weighted by Crippen LogP contribution is 2.61. The Balaban J connectivity index is 1.55. The first-order chi connectivity index (χ1) is 19.5. The van der Waals surface area contributed by atoms with Crippen LogP contribution in [0.3, 0.4) is 0 Å². The van der Waals surface area contributed by atoms with Crippen LogP contribution in [0.2, 0.25) is 0 Å². The van der Waals surface area contributed by atoms with Crippen LogP contribution >= 0.6 is 0 Å². The summed E-state index contributed by atoms with van der Waals surface area (Å²) < 4.78 is 20.5. The molecule has 2 aliphatic heterocycles. The number of hydrogen-bond donors (Lipinski definition) is 0. The van der Waals surface area contributed by atoms with E-state index in [2.05, 4.69) is 0 Å². The summed E-state index contributed by atoms with van der Waals surface area (Å²) in [6, 6.07) is 25.6. The molecule has 0 amide bonds. The number of halogens is 1.